The van der Waals surface area contributed by atoms with Gasteiger partial charge < -0.3 is 10.4 Å². The number of sulfonamides is 1. The second-order valence-corrected chi connectivity index (χ2v) is 7.09. The van der Waals surface area contributed by atoms with Crippen molar-refractivity contribution in [3.8, 4) is 0 Å². The van der Waals surface area contributed by atoms with Gasteiger partial charge in [0.05, 0.1) is 12.7 Å². The number of aliphatic carboxylic acids is 1. The molecule has 0 bridgehead atoms. The zero-order valence-corrected chi connectivity index (χ0v) is 14.2. The predicted molar refractivity (Wildman–Crippen MR) is 88.1 cm³/mol. The van der Waals surface area contributed by atoms with Crippen molar-refractivity contribution in [2.75, 3.05) is 6.54 Å². The van der Waals surface area contributed by atoms with Crippen molar-refractivity contribution < 1.29 is 23.1 Å². The number of amides is 1. The van der Waals surface area contributed by atoms with Crippen molar-refractivity contribution in [2.24, 2.45) is 7.05 Å². The van der Waals surface area contributed by atoms with E-state index < -0.39 is 34.5 Å². The van der Waals surface area contributed by atoms with Crippen LogP contribution in [0.5, 0.6) is 0 Å². The molecular formula is C15H18N4O5S. The number of rotatable bonds is 8. The summed E-state index contributed by atoms with van der Waals surface area (Å²) in [5.74, 6) is -1.94. The normalized spacial score (nSPS) is 12.5. The Bertz CT molecular complexity index is 848. The summed E-state index contributed by atoms with van der Waals surface area (Å²) in [5.41, 5.74) is 0.742. The summed E-state index contributed by atoms with van der Waals surface area (Å²) in [7, 11) is -2.33. The SMILES string of the molecule is Cn1cc(S(=O)(=O)NCC(=O)N[C@H](Cc2ccccc2)C(=O)O)cn1. The van der Waals surface area contributed by atoms with Gasteiger partial charge in [-0.25, -0.2) is 17.9 Å². The highest BCUT2D eigenvalue weighted by Gasteiger charge is 2.22. The number of benzene rings is 1. The van der Waals surface area contributed by atoms with Gasteiger partial charge in [0.15, 0.2) is 0 Å². The molecule has 0 aliphatic rings. The quantitative estimate of drug-likeness (QED) is 0.578. The largest absolute Gasteiger partial charge is 0.480 e. The highest BCUT2D eigenvalue weighted by Crippen LogP contribution is 2.06. The first-order valence-electron chi connectivity index (χ1n) is 7.32. The van der Waals surface area contributed by atoms with Crippen LogP contribution in [0, 0.1) is 0 Å². The number of nitrogens with one attached hydrogen (secondary N) is 2. The van der Waals surface area contributed by atoms with E-state index in [4.69, 9.17) is 0 Å². The first-order valence-corrected chi connectivity index (χ1v) is 8.80. The molecule has 3 N–H and O–H groups in total. The number of nitrogens with zero attached hydrogens (tertiary/aromatic N) is 2. The molecule has 0 saturated heterocycles. The Morgan fingerprint density at radius 1 is 1.28 bits per heavy atom. The highest BCUT2D eigenvalue weighted by molar-refractivity contribution is 7.89. The van der Waals surface area contributed by atoms with Crippen LogP contribution in [-0.4, -0.2) is 47.8 Å². The van der Waals surface area contributed by atoms with Crippen LogP contribution < -0.4 is 10.0 Å². The van der Waals surface area contributed by atoms with E-state index in [0.717, 1.165) is 11.8 Å². The summed E-state index contributed by atoms with van der Waals surface area (Å²) in [6.07, 6.45) is 2.53. The molecule has 2 rings (SSSR count). The molecule has 1 aromatic carbocycles. The monoisotopic (exact) mass is 366 g/mol. The Balaban J connectivity index is 1.94. The first-order chi connectivity index (χ1) is 11.8. The zero-order valence-electron chi connectivity index (χ0n) is 13.4. The number of carbonyl (C=O) groups excluding carboxylic acids is 1. The maximum Gasteiger partial charge on any atom is 0.326 e. The number of carbonyl (C=O) groups is 2. The Morgan fingerprint density at radius 2 is 1.96 bits per heavy atom. The van der Waals surface area contributed by atoms with E-state index in [0.29, 0.717) is 0 Å². The van der Waals surface area contributed by atoms with Gasteiger partial charge in [-0.15, -0.1) is 0 Å². The molecular weight excluding hydrogens is 348 g/mol. The second-order valence-electron chi connectivity index (χ2n) is 5.32. The number of carboxylic acid groups (broad SMARTS) is 1. The molecule has 1 heterocycles. The maximum atomic E-state index is 12.0. The molecule has 0 fully saturated rings. The zero-order chi connectivity index (χ0) is 18.4. The number of aromatic nitrogens is 2. The minimum absolute atomic E-state index is 0.0816. The smallest absolute Gasteiger partial charge is 0.326 e. The molecule has 1 aromatic heterocycles. The topological polar surface area (TPSA) is 130 Å². The van der Waals surface area contributed by atoms with Crippen molar-refractivity contribution in [1.82, 2.24) is 19.8 Å². The van der Waals surface area contributed by atoms with Gasteiger partial charge in [0.25, 0.3) is 0 Å². The Labute approximate surface area is 144 Å². The first kappa shape index (κ1) is 18.6. The van der Waals surface area contributed by atoms with E-state index in [1.165, 1.54) is 10.9 Å². The molecule has 0 spiro atoms. The average Bonchev–Trinajstić information content (AvgIpc) is 3.01. The van der Waals surface area contributed by atoms with Crippen LogP contribution in [0.4, 0.5) is 0 Å². The van der Waals surface area contributed by atoms with Gasteiger partial charge in [-0.05, 0) is 5.56 Å². The second kappa shape index (κ2) is 7.90. The number of carboxylic acids is 1. The summed E-state index contributed by atoms with van der Waals surface area (Å²) < 4.78 is 27.4. The lowest BCUT2D eigenvalue weighted by Crippen LogP contribution is -2.46. The number of aryl methyl sites for hydroxylation is 1. The third-order valence-corrected chi connectivity index (χ3v) is 4.69. The maximum absolute atomic E-state index is 12.0. The van der Waals surface area contributed by atoms with Gasteiger partial charge in [-0.1, -0.05) is 30.3 Å². The van der Waals surface area contributed by atoms with Crippen molar-refractivity contribution in [2.45, 2.75) is 17.4 Å². The molecule has 25 heavy (non-hydrogen) atoms. The molecule has 0 aliphatic carbocycles. The van der Waals surface area contributed by atoms with Crippen molar-refractivity contribution in [3.05, 3.63) is 48.3 Å². The van der Waals surface area contributed by atoms with Gasteiger partial charge in [-0.3, -0.25) is 9.48 Å². The fourth-order valence-corrected chi connectivity index (χ4v) is 3.04. The highest BCUT2D eigenvalue weighted by atomic mass is 32.2. The van der Waals surface area contributed by atoms with Crippen LogP contribution in [0.25, 0.3) is 0 Å². The summed E-state index contributed by atoms with van der Waals surface area (Å²) in [6, 6.07) is 7.65. The van der Waals surface area contributed by atoms with Gasteiger partial charge in [-0.2, -0.15) is 5.10 Å². The van der Waals surface area contributed by atoms with E-state index in [-0.39, 0.29) is 11.3 Å². The molecule has 0 radical (unpaired) electrons. The molecule has 0 aliphatic heterocycles. The molecule has 1 atom stereocenters. The van der Waals surface area contributed by atoms with Gasteiger partial charge >= 0.3 is 5.97 Å². The third-order valence-electron chi connectivity index (χ3n) is 3.33. The molecule has 2 aromatic rings. The molecule has 10 heteroatoms. The molecule has 0 unspecified atom stereocenters. The predicted octanol–water partition coefficient (Wildman–Crippen LogP) is -0.489. The Hall–Kier alpha value is -2.72. The lowest BCUT2D eigenvalue weighted by molar-refractivity contribution is -0.141. The van der Waals surface area contributed by atoms with E-state index in [9.17, 15) is 23.1 Å². The molecule has 0 saturated carbocycles. The van der Waals surface area contributed by atoms with Gasteiger partial charge in [0.2, 0.25) is 15.9 Å². The summed E-state index contributed by atoms with van der Waals surface area (Å²) in [4.78, 5) is 23.1. The van der Waals surface area contributed by atoms with Crippen molar-refractivity contribution in [1.29, 1.82) is 0 Å². The fourth-order valence-electron chi connectivity index (χ4n) is 2.08. The van der Waals surface area contributed by atoms with Gasteiger partial charge in [0.1, 0.15) is 10.9 Å². The Kier molecular flexibility index (Phi) is 5.88. The van der Waals surface area contributed by atoms with Crippen LogP contribution >= 0.6 is 0 Å². The Morgan fingerprint density at radius 3 is 2.52 bits per heavy atom. The third kappa shape index (κ3) is 5.40. The van der Waals surface area contributed by atoms with Crippen LogP contribution in [0.3, 0.4) is 0 Å². The summed E-state index contributed by atoms with van der Waals surface area (Å²) in [5, 5.41) is 15.3. The van der Waals surface area contributed by atoms with Crippen LogP contribution in [-0.2, 0) is 33.1 Å². The number of hydrogen-bond donors (Lipinski definition) is 3. The van der Waals surface area contributed by atoms with E-state index in [1.807, 2.05) is 0 Å². The van der Waals surface area contributed by atoms with E-state index >= 15 is 0 Å². The van der Waals surface area contributed by atoms with Crippen molar-refractivity contribution >= 4 is 21.9 Å². The summed E-state index contributed by atoms with van der Waals surface area (Å²) >= 11 is 0. The standard InChI is InChI=1S/C15H18N4O5S/c1-19-10-12(8-16-19)25(23,24)17-9-14(20)18-13(15(21)22)7-11-5-3-2-4-6-11/h2-6,8,10,13,17H,7,9H2,1H3,(H,18,20)(H,21,22)/t13-/m1/s1. The molecule has 134 valence electrons. The minimum atomic E-state index is -3.89. The van der Waals surface area contributed by atoms with Gasteiger partial charge in [0, 0.05) is 19.7 Å². The molecule has 1 amide bonds. The molecule has 9 nitrogen and oxygen atoms in total. The lowest BCUT2D eigenvalue weighted by Gasteiger charge is -2.15. The lowest BCUT2D eigenvalue weighted by atomic mass is 10.1. The van der Waals surface area contributed by atoms with E-state index in [2.05, 4.69) is 15.1 Å². The number of hydrogen-bond acceptors (Lipinski definition) is 5. The average molecular weight is 366 g/mol. The van der Waals surface area contributed by atoms with Crippen molar-refractivity contribution in [3.63, 3.8) is 0 Å². The van der Waals surface area contributed by atoms with Crippen LogP contribution in [0.1, 0.15) is 5.56 Å². The van der Waals surface area contributed by atoms with Crippen LogP contribution in [0.15, 0.2) is 47.6 Å². The fraction of sp³-hybridized carbons (Fsp3) is 0.267. The minimum Gasteiger partial charge on any atom is -0.480 e. The van der Waals surface area contributed by atoms with Crippen LogP contribution in [0.2, 0.25) is 0 Å². The van der Waals surface area contributed by atoms with E-state index in [1.54, 1.807) is 37.4 Å². The summed E-state index contributed by atoms with van der Waals surface area (Å²) in [6.45, 7) is -0.574.